The lowest BCUT2D eigenvalue weighted by atomic mass is 9.98. The van der Waals surface area contributed by atoms with Crippen LogP contribution in [0.5, 0.6) is 0 Å². The molecule has 5 atom stereocenters. The monoisotopic (exact) mass is 699 g/mol. The summed E-state index contributed by atoms with van der Waals surface area (Å²) in [7, 11) is 0. The molecular weight excluding hydrogens is 650 g/mol. The van der Waals surface area contributed by atoms with Crippen molar-refractivity contribution in [2.75, 3.05) is 0 Å². The van der Waals surface area contributed by atoms with Crippen LogP contribution in [-0.4, -0.2) is 70.6 Å². The quantitative estimate of drug-likeness (QED) is 0.116. The second kappa shape index (κ2) is 19.6. The summed E-state index contributed by atoms with van der Waals surface area (Å²) in [5, 5.41) is 13.6. The molecule has 0 saturated carbocycles. The number of hydrogen-bond acceptors (Lipinski definition) is 7. The van der Waals surface area contributed by atoms with E-state index in [9.17, 15) is 28.8 Å². The Morgan fingerprint density at radius 2 is 1.06 bits per heavy atom. The molecule has 0 radical (unpaired) electrons. The molecule has 0 unspecified atom stereocenters. The lowest BCUT2D eigenvalue weighted by Crippen LogP contribution is -2.60. The second-order valence-corrected chi connectivity index (χ2v) is 13.3. The zero-order valence-corrected chi connectivity index (χ0v) is 29.7. The molecule has 0 bridgehead atoms. The van der Waals surface area contributed by atoms with Crippen LogP contribution in [0.3, 0.4) is 0 Å². The molecule has 0 fully saturated rings. The van der Waals surface area contributed by atoms with Crippen molar-refractivity contribution in [3.8, 4) is 0 Å². The number of benzene rings is 2. The number of aromatic nitrogens is 1. The van der Waals surface area contributed by atoms with Gasteiger partial charge in [-0.15, -0.1) is 0 Å². The number of primary amides is 1. The number of amides is 6. The Morgan fingerprint density at radius 1 is 0.588 bits per heavy atom. The Bertz CT molecular complexity index is 1620. The first-order valence-corrected chi connectivity index (χ1v) is 17.0. The highest BCUT2D eigenvalue weighted by molar-refractivity contribution is 5.99. The highest BCUT2D eigenvalue weighted by atomic mass is 16.2. The van der Waals surface area contributed by atoms with E-state index >= 15 is 0 Å². The van der Waals surface area contributed by atoms with Crippen LogP contribution < -0.4 is 32.3 Å². The molecule has 1 heterocycles. The minimum atomic E-state index is -1.16. The van der Waals surface area contributed by atoms with Gasteiger partial charge in [-0.2, -0.15) is 0 Å². The zero-order chi connectivity index (χ0) is 37.5. The summed E-state index contributed by atoms with van der Waals surface area (Å²) in [5.41, 5.74) is 7.35. The van der Waals surface area contributed by atoms with Gasteiger partial charge in [0, 0.05) is 30.8 Å². The maximum Gasteiger partial charge on any atom is 0.252 e. The average molecular weight is 700 g/mol. The third-order valence-corrected chi connectivity index (χ3v) is 8.13. The largest absolute Gasteiger partial charge is 0.368 e. The van der Waals surface area contributed by atoms with Crippen molar-refractivity contribution in [3.05, 3.63) is 102 Å². The Morgan fingerprint density at radius 3 is 1.53 bits per heavy atom. The smallest absolute Gasteiger partial charge is 0.252 e. The van der Waals surface area contributed by atoms with Gasteiger partial charge in [-0.3, -0.25) is 33.8 Å². The first-order chi connectivity index (χ1) is 24.2. The minimum Gasteiger partial charge on any atom is -0.368 e. The molecule has 0 aliphatic rings. The molecule has 51 heavy (non-hydrogen) atoms. The molecule has 0 aliphatic carbocycles. The SMILES string of the molecule is CC(C)C[C@@H](NC(=O)[C@H](NC(=O)[C@@H](Cc1ccccc1)NC(=O)[C@@H](Cc1ccccc1)NC(=O)[C@@H](C)NC(=O)c1ccncc1)C(C)C)C(N)=O. The molecule has 13 nitrogen and oxygen atoms in total. The summed E-state index contributed by atoms with van der Waals surface area (Å²) < 4.78 is 0. The fourth-order valence-electron chi connectivity index (χ4n) is 5.30. The molecule has 13 heteroatoms. The fourth-order valence-corrected chi connectivity index (χ4v) is 5.30. The van der Waals surface area contributed by atoms with E-state index in [-0.39, 0.29) is 24.7 Å². The van der Waals surface area contributed by atoms with Crippen LogP contribution in [0.15, 0.2) is 85.2 Å². The third-order valence-electron chi connectivity index (χ3n) is 8.13. The van der Waals surface area contributed by atoms with Gasteiger partial charge in [0.05, 0.1) is 0 Å². The number of nitrogens with one attached hydrogen (secondary N) is 5. The van der Waals surface area contributed by atoms with E-state index in [1.165, 1.54) is 31.5 Å². The van der Waals surface area contributed by atoms with Crippen molar-refractivity contribution in [3.63, 3.8) is 0 Å². The van der Waals surface area contributed by atoms with Gasteiger partial charge in [-0.1, -0.05) is 88.4 Å². The van der Waals surface area contributed by atoms with Gasteiger partial charge in [-0.05, 0) is 48.4 Å². The van der Waals surface area contributed by atoms with Gasteiger partial charge in [0.2, 0.25) is 29.5 Å². The molecule has 3 aromatic rings. The van der Waals surface area contributed by atoms with E-state index in [0.717, 1.165) is 11.1 Å². The maximum atomic E-state index is 14.0. The van der Waals surface area contributed by atoms with Gasteiger partial charge < -0.3 is 32.3 Å². The standard InChI is InChI=1S/C38H49N7O6/c1-23(2)20-29(33(39)46)42-38(51)32(24(3)4)45-37(50)31(22-27-14-10-7-11-15-27)44-36(49)30(21-26-12-8-6-9-13-26)43-34(47)25(5)41-35(48)28-16-18-40-19-17-28/h6-19,23-25,29-32H,20-22H2,1-5H3,(H2,39,46)(H,41,48)(H,42,51)(H,43,47)(H,44,49)(H,45,50)/t25-,29-,30-,31-,32-/m1/s1. The van der Waals surface area contributed by atoms with Crippen molar-refractivity contribution in [2.24, 2.45) is 17.6 Å². The number of nitrogens with zero attached hydrogens (tertiary/aromatic N) is 1. The van der Waals surface area contributed by atoms with Crippen LogP contribution in [0.2, 0.25) is 0 Å². The van der Waals surface area contributed by atoms with Gasteiger partial charge in [0.1, 0.15) is 30.2 Å². The maximum absolute atomic E-state index is 14.0. The number of carbonyl (C=O) groups is 6. The van der Waals surface area contributed by atoms with Crippen molar-refractivity contribution in [1.29, 1.82) is 0 Å². The normalized spacial score (nSPS) is 13.9. The van der Waals surface area contributed by atoms with Crippen LogP contribution in [0.25, 0.3) is 0 Å². The van der Waals surface area contributed by atoms with Crippen molar-refractivity contribution in [2.45, 2.75) is 84.1 Å². The lowest BCUT2D eigenvalue weighted by molar-refractivity contribution is -0.135. The molecule has 2 aromatic carbocycles. The van der Waals surface area contributed by atoms with E-state index in [1.807, 2.05) is 26.0 Å². The Kier molecular flexibility index (Phi) is 15.3. The van der Waals surface area contributed by atoms with E-state index in [0.29, 0.717) is 12.0 Å². The second-order valence-electron chi connectivity index (χ2n) is 13.3. The Balaban J connectivity index is 1.84. The summed E-state index contributed by atoms with van der Waals surface area (Å²) >= 11 is 0. The van der Waals surface area contributed by atoms with Crippen LogP contribution >= 0.6 is 0 Å². The Hall–Kier alpha value is -5.59. The third kappa shape index (κ3) is 13.0. The summed E-state index contributed by atoms with van der Waals surface area (Å²) in [6.45, 7) is 8.79. The molecule has 0 spiro atoms. The van der Waals surface area contributed by atoms with Crippen molar-refractivity contribution in [1.82, 2.24) is 31.6 Å². The van der Waals surface area contributed by atoms with Gasteiger partial charge in [0.25, 0.3) is 5.91 Å². The topological polar surface area (TPSA) is 201 Å². The number of hydrogen-bond donors (Lipinski definition) is 6. The van der Waals surface area contributed by atoms with Crippen LogP contribution in [-0.2, 0) is 36.8 Å². The predicted molar refractivity (Wildman–Crippen MR) is 193 cm³/mol. The van der Waals surface area contributed by atoms with E-state index in [1.54, 1.807) is 62.4 Å². The molecule has 1 aromatic heterocycles. The molecule has 3 rings (SSSR count). The molecule has 0 saturated heterocycles. The number of carbonyl (C=O) groups excluding carboxylic acids is 6. The summed E-state index contributed by atoms with van der Waals surface area (Å²) in [4.78, 5) is 83.3. The van der Waals surface area contributed by atoms with Crippen LogP contribution in [0.4, 0.5) is 0 Å². The predicted octanol–water partition coefficient (Wildman–Crippen LogP) is 1.81. The molecular formula is C38H49N7O6. The summed E-state index contributed by atoms with van der Waals surface area (Å²) in [5.74, 6) is -3.95. The van der Waals surface area contributed by atoms with E-state index in [2.05, 4.69) is 31.6 Å². The lowest BCUT2D eigenvalue weighted by Gasteiger charge is -2.28. The summed E-state index contributed by atoms with van der Waals surface area (Å²) in [6.07, 6.45) is 3.41. The van der Waals surface area contributed by atoms with E-state index in [4.69, 9.17) is 5.73 Å². The molecule has 6 amide bonds. The number of rotatable bonds is 18. The first-order valence-electron chi connectivity index (χ1n) is 17.0. The first kappa shape index (κ1) is 39.8. The number of pyridine rings is 1. The minimum absolute atomic E-state index is 0.0744. The highest BCUT2D eigenvalue weighted by Crippen LogP contribution is 2.11. The molecule has 7 N–H and O–H groups in total. The molecule has 0 aliphatic heterocycles. The van der Waals surface area contributed by atoms with Gasteiger partial charge in [0.15, 0.2) is 0 Å². The number of nitrogens with two attached hydrogens (primary N) is 1. The fraction of sp³-hybridized carbons (Fsp3) is 0.395. The van der Waals surface area contributed by atoms with E-state index < -0.39 is 65.7 Å². The average Bonchev–Trinajstić information content (AvgIpc) is 3.10. The van der Waals surface area contributed by atoms with Gasteiger partial charge in [-0.25, -0.2) is 0 Å². The van der Waals surface area contributed by atoms with Crippen LogP contribution in [0.1, 0.15) is 62.5 Å². The van der Waals surface area contributed by atoms with Crippen molar-refractivity contribution >= 4 is 35.4 Å². The summed E-state index contributed by atoms with van der Waals surface area (Å²) in [6, 6.07) is 15.8. The molecule has 272 valence electrons. The Labute approximate surface area is 298 Å². The van der Waals surface area contributed by atoms with Crippen molar-refractivity contribution < 1.29 is 28.8 Å². The zero-order valence-electron chi connectivity index (χ0n) is 29.7. The van der Waals surface area contributed by atoms with Gasteiger partial charge >= 0.3 is 0 Å². The van der Waals surface area contributed by atoms with Crippen LogP contribution in [0, 0.1) is 11.8 Å². The highest BCUT2D eigenvalue weighted by Gasteiger charge is 2.33.